The number of oxazole rings is 1. The van der Waals surface area contributed by atoms with Crippen molar-refractivity contribution in [2.24, 2.45) is 0 Å². The van der Waals surface area contributed by atoms with E-state index in [1.165, 1.54) is 12.1 Å². The van der Waals surface area contributed by atoms with Crippen LogP contribution >= 0.6 is 11.6 Å². The monoisotopic (exact) mass is 438 g/mol. The van der Waals surface area contributed by atoms with Crippen LogP contribution in [0.1, 0.15) is 52.3 Å². The molecular weight excluding hydrogens is 419 g/mol. The molecule has 4 heterocycles. The van der Waals surface area contributed by atoms with E-state index >= 15 is 0 Å². The third-order valence-electron chi connectivity index (χ3n) is 5.60. The van der Waals surface area contributed by atoms with Crippen LogP contribution in [0.3, 0.4) is 0 Å². The summed E-state index contributed by atoms with van der Waals surface area (Å²) >= 11 is 6.15. The van der Waals surface area contributed by atoms with E-state index in [9.17, 15) is 9.18 Å². The summed E-state index contributed by atoms with van der Waals surface area (Å²) < 4.78 is 21.2. The van der Waals surface area contributed by atoms with Gasteiger partial charge in [-0.05, 0) is 49.6 Å². The van der Waals surface area contributed by atoms with Crippen molar-refractivity contribution in [3.05, 3.63) is 88.2 Å². The van der Waals surface area contributed by atoms with Gasteiger partial charge in [0.2, 0.25) is 5.89 Å². The molecule has 0 bridgehead atoms. The van der Waals surface area contributed by atoms with Crippen LogP contribution in [0.15, 0.2) is 53.2 Å². The fourth-order valence-corrected chi connectivity index (χ4v) is 4.36. The van der Waals surface area contributed by atoms with E-state index in [2.05, 4.69) is 9.97 Å². The molecule has 1 aliphatic heterocycles. The highest BCUT2D eigenvalue weighted by atomic mass is 35.5. The number of hydrogen-bond acceptors (Lipinski definition) is 4. The number of fused-ring (bicyclic) bond motifs is 1. The second-order valence-corrected chi connectivity index (χ2v) is 8.19. The zero-order chi connectivity index (χ0) is 21.5. The average Bonchev–Trinajstić information content (AvgIpc) is 3.45. The Labute approximate surface area is 183 Å². The first kappa shape index (κ1) is 19.8. The standard InChI is InChI=1S/C23H20ClFN4O2/c1-14-21(29-13-16(24)7-8-20(29)27-14)23(30)28-9-3-6-19(28)22-26-12-18(31-22)11-15-4-2-5-17(25)10-15/h2,4-5,7-8,10,12-13,19H,3,6,9,11H2,1H3. The van der Waals surface area contributed by atoms with Gasteiger partial charge in [0, 0.05) is 19.2 Å². The van der Waals surface area contributed by atoms with Gasteiger partial charge in [0.25, 0.3) is 5.91 Å². The molecule has 0 radical (unpaired) electrons. The molecule has 1 aliphatic rings. The van der Waals surface area contributed by atoms with Crippen molar-refractivity contribution in [2.75, 3.05) is 6.54 Å². The second-order valence-electron chi connectivity index (χ2n) is 7.75. The predicted octanol–water partition coefficient (Wildman–Crippen LogP) is 4.99. The fourth-order valence-electron chi connectivity index (χ4n) is 4.20. The molecule has 1 aromatic carbocycles. The zero-order valence-corrected chi connectivity index (χ0v) is 17.6. The molecule has 8 heteroatoms. The highest BCUT2D eigenvalue weighted by Crippen LogP contribution is 2.34. The number of carbonyl (C=O) groups excluding carboxylic acids is 1. The lowest BCUT2D eigenvalue weighted by Gasteiger charge is -2.22. The molecule has 1 atom stereocenters. The molecule has 1 saturated heterocycles. The molecule has 0 saturated carbocycles. The topological polar surface area (TPSA) is 63.6 Å². The van der Waals surface area contributed by atoms with Crippen LogP contribution in [0, 0.1) is 12.7 Å². The lowest BCUT2D eigenvalue weighted by atomic mass is 10.1. The predicted molar refractivity (Wildman–Crippen MR) is 114 cm³/mol. The van der Waals surface area contributed by atoms with Crippen LogP contribution in [0.4, 0.5) is 4.39 Å². The number of rotatable bonds is 4. The van der Waals surface area contributed by atoms with Gasteiger partial charge in [-0.2, -0.15) is 0 Å². The van der Waals surface area contributed by atoms with Crippen molar-refractivity contribution in [1.29, 1.82) is 0 Å². The number of carbonyl (C=O) groups is 1. The van der Waals surface area contributed by atoms with Gasteiger partial charge in [0.05, 0.1) is 16.9 Å². The number of aromatic nitrogens is 3. The van der Waals surface area contributed by atoms with E-state index < -0.39 is 0 Å². The molecule has 1 fully saturated rings. The highest BCUT2D eigenvalue weighted by molar-refractivity contribution is 6.30. The molecule has 0 aliphatic carbocycles. The first-order valence-electron chi connectivity index (χ1n) is 10.1. The SMILES string of the molecule is Cc1nc2ccc(Cl)cn2c1C(=O)N1CCCC1c1ncc(Cc2cccc(F)c2)o1. The molecule has 0 spiro atoms. The Morgan fingerprint density at radius 2 is 2.19 bits per heavy atom. The molecule has 1 unspecified atom stereocenters. The smallest absolute Gasteiger partial charge is 0.273 e. The van der Waals surface area contributed by atoms with Gasteiger partial charge in [-0.3, -0.25) is 9.20 Å². The summed E-state index contributed by atoms with van der Waals surface area (Å²) in [6.07, 6.45) is 5.42. The number of hydrogen-bond donors (Lipinski definition) is 0. The molecule has 6 nitrogen and oxygen atoms in total. The number of nitrogens with zero attached hydrogens (tertiary/aromatic N) is 4. The first-order valence-corrected chi connectivity index (χ1v) is 10.5. The lowest BCUT2D eigenvalue weighted by molar-refractivity contribution is 0.0706. The fraction of sp³-hybridized carbons (Fsp3) is 0.261. The lowest BCUT2D eigenvalue weighted by Crippen LogP contribution is -2.32. The minimum Gasteiger partial charge on any atom is -0.443 e. The summed E-state index contributed by atoms with van der Waals surface area (Å²) in [5.74, 6) is 0.729. The van der Waals surface area contributed by atoms with E-state index in [1.807, 2.05) is 13.0 Å². The number of amides is 1. The Morgan fingerprint density at radius 3 is 3.03 bits per heavy atom. The third-order valence-corrected chi connectivity index (χ3v) is 5.82. The number of likely N-dealkylation sites (tertiary alicyclic amines) is 1. The van der Waals surface area contributed by atoms with E-state index in [4.69, 9.17) is 16.0 Å². The van der Waals surface area contributed by atoms with E-state index in [0.29, 0.717) is 46.7 Å². The summed E-state index contributed by atoms with van der Waals surface area (Å²) in [5.41, 5.74) is 2.63. The number of aryl methyl sites for hydroxylation is 1. The Bertz CT molecular complexity index is 1280. The van der Waals surface area contributed by atoms with Gasteiger partial charge in [-0.1, -0.05) is 23.7 Å². The number of benzene rings is 1. The molecular formula is C23H20ClFN4O2. The van der Waals surface area contributed by atoms with Crippen molar-refractivity contribution < 1.29 is 13.6 Å². The summed E-state index contributed by atoms with van der Waals surface area (Å²) in [4.78, 5) is 24.2. The molecule has 5 rings (SSSR count). The summed E-state index contributed by atoms with van der Waals surface area (Å²) in [7, 11) is 0. The summed E-state index contributed by atoms with van der Waals surface area (Å²) in [5, 5.41) is 0.534. The maximum atomic E-state index is 13.5. The quantitative estimate of drug-likeness (QED) is 0.450. The molecule has 31 heavy (non-hydrogen) atoms. The van der Waals surface area contributed by atoms with Gasteiger partial charge >= 0.3 is 0 Å². The Morgan fingerprint density at radius 1 is 1.32 bits per heavy atom. The second kappa shape index (κ2) is 7.81. The molecule has 158 valence electrons. The van der Waals surface area contributed by atoms with Crippen molar-refractivity contribution in [1.82, 2.24) is 19.3 Å². The van der Waals surface area contributed by atoms with Gasteiger partial charge in [-0.15, -0.1) is 0 Å². The van der Waals surface area contributed by atoms with E-state index in [0.717, 1.165) is 18.4 Å². The van der Waals surface area contributed by atoms with Crippen LogP contribution in [0.25, 0.3) is 5.65 Å². The molecule has 4 aromatic rings. The Balaban J connectivity index is 1.42. The van der Waals surface area contributed by atoms with Crippen LogP contribution in [0.2, 0.25) is 5.02 Å². The van der Waals surface area contributed by atoms with Crippen molar-refractivity contribution in [3.63, 3.8) is 0 Å². The number of halogens is 2. The van der Waals surface area contributed by atoms with Gasteiger partial charge in [-0.25, -0.2) is 14.4 Å². The van der Waals surface area contributed by atoms with Gasteiger partial charge in [0.1, 0.15) is 29.0 Å². The largest absolute Gasteiger partial charge is 0.443 e. The maximum absolute atomic E-state index is 13.5. The summed E-state index contributed by atoms with van der Waals surface area (Å²) in [6, 6.07) is 9.69. The maximum Gasteiger partial charge on any atom is 0.273 e. The van der Waals surface area contributed by atoms with Crippen molar-refractivity contribution in [3.8, 4) is 0 Å². The Kier molecular flexibility index (Phi) is 4.98. The van der Waals surface area contributed by atoms with E-state index in [1.54, 1.807) is 39.9 Å². The average molecular weight is 439 g/mol. The number of imidazole rings is 1. The van der Waals surface area contributed by atoms with Crippen molar-refractivity contribution >= 4 is 23.2 Å². The molecule has 0 N–H and O–H groups in total. The molecule has 3 aromatic heterocycles. The third kappa shape index (κ3) is 3.70. The van der Waals surface area contributed by atoms with Gasteiger partial charge in [0.15, 0.2) is 0 Å². The normalized spacial score (nSPS) is 16.4. The zero-order valence-electron chi connectivity index (χ0n) is 16.9. The van der Waals surface area contributed by atoms with Crippen LogP contribution in [0.5, 0.6) is 0 Å². The highest BCUT2D eigenvalue weighted by Gasteiger charge is 2.35. The first-order chi connectivity index (χ1) is 15.0. The van der Waals surface area contributed by atoms with E-state index in [-0.39, 0.29) is 17.8 Å². The minimum absolute atomic E-state index is 0.125. The van der Waals surface area contributed by atoms with Crippen LogP contribution in [-0.4, -0.2) is 31.7 Å². The van der Waals surface area contributed by atoms with Crippen molar-refractivity contribution in [2.45, 2.75) is 32.2 Å². The van der Waals surface area contributed by atoms with Gasteiger partial charge < -0.3 is 9.32 Å². The minimum atomic E-state index is -0.284. The number of pyridine rings is 1. The Hall–Kier alpha value is -3.19. The van der Waals surface area contributed by atoms with Crippen LogP contribution < -0.4 is 0 Å². The summed E-state index contributed by atoms with van der Waals surface area (Å²) in [6.45, 7) is 2.43. The van der Waals surface area contributed by atoms with Crippen LogP contribution in [-0.2, 0) is 6.42 Å². The molecule has 1 amide bonds.